The number of nitrogens with zero attached hydrogens (tertiary/aromatic N) is 4. The lowest BCUT2D eigenvalue weighted by molar-refractivity contribution is 0.403. The SMILES string of the molecule is CC.CCCCc1nc2ccccc2n1Cc1ccc(-c2ccccc2C(C)(C)NN=NC)cc1. The number of rotatable bonds is 9. The van der Waals surface area contributed by atoms with Crippen molar-refractivity contribution < 1.29 is 0 Å². The minimum Gasteiger partial charge on any atom is -0.323 e. The van der Waals surface area contributed by atoms with Crippen LogP contribution in [-0.2, 0) is 18.5 Å². The molecule has 4 rings (SSSR count). The van der Waals surface area contributed by atoms with Crippen molar-refractivity contribution in [1.82, 2.24) is 15.0 Å². The van der Waals surface area contributed by atoms with E-state index in [1.807, 2.05) is 13.8 Å². The number of aryl methyl sites for hydroxylation is 1. The average Bonchev–Trinajstić information content (AvgIpc) is 3.25. The van der Waals surface area contributed by atoms with Gasteiger partial charge in [0.1, 0.15) is 5.82 Å². The summed E-state index contributed by atoms with van der Waals surface area (Å²) in [4.78, 5) is 4.91. The van der Waals surface area contributed by atoms with Crippen LogP contribution < -0.4 is 5.43 Å². The third kappa shape index (κ3) is 6.16. The van der Waals surface area contributed by atoms with Gasteiger partial charge in [0.2, 0.25) is 0 Å². The van der Waals surface area contributed by atoms with Gasteiger partial charge in [-0.2, -0.15) is 5.11 Å². The Bertz CT molecular complexity index is 1240. The van der Waals surface area contributed by atoms with Crippen molar-refractivity contribution >= 4 is 11.0 Å². The molecule has 5 nitrogen and oxygen atoms in total. The molecular weight excluding hydrogens is 430 g/mol. The number of fused-ring (bicyclic) bond motifs is 1. The minimum atomic E-state index is -0.335. The summed E-state index contributed by atoms with van der Waals surface area (Å²) in [5.41, 5.74) is 9.96. The molecular formula is C30H39N5. The van der Waals surface area contributed by atoms with E-state index in [1.54, 1.807) is 7.05 Å². The summed E-state index contributed by atoms with van der Waals surface area (Å²) < 4.78 is 2.37. The van der Waals surface area contributed by atoms with E-state index in [0.717, 1.165) is 24.9 Å². The number of aromatic nitrogens is 2. The second-order valence-corrected chi connectivity index (χ2v) is 8.99. The molecule has 0 radical (unpaired) electrons. The minimum absolute atomic E-state index is 0.335. The topological polar surface area (TPSA) is 54.6 Å². The van der Waals surface area contributed by atoms with Crippen molar-refractivity contribution in [2.24, 2.45) is 10.3 Å². The molecule has 0 amide bonds. The Morgan fingerprint density at radius 1 is 0.914 bits per heavy atom. The molecule has 0 aliphatic carbocycles. The smallest absolute Gasteiger partial charge is 0.110 e. The van der Waals surface area contributed by atoms with Gasteiger partial charge in [0.05, 0.1) is 23.6 Å². The predicted octanol–water partition coefficient (Wildman–Crippen LogP) is 7.94. The molecule has 4 aromatic rings. The van der Waals surface area contributed by atoms with Gasteiger partial charge in [-0.15, -0.1) is 0 Å². The van der Waals surface area contributed by atoms with E-state index in [1.165, 1.54) is 40.0 Å². The Morgan fingerprint density at radius 3 is 2.31 bits per heavy atom. The molecule has 0 atom stereocenters. The zero-order valence-electron chi connectivity index (χ0n) is 22.0. The van der Waals surface area contributed by atoms with E-state index in [-0.39, 0.29) is 5.54 Å². The first-order valence-corrected chi connectivity index (χ1v) is 12.7. The second-order valence-electron chi connectivity index (χ2n) is 8.99. The van der Waals surface area contributed by atoms with Crippen LogP contribution in [0.4, 0.5) is 0 Å². The molecule has 0 saturated heterocycles. The fourth-order valence-electron chi connectivity index (χ4n) is 4.31. The van der Waals surface area contributed by atoms with Crippen molar-refractivity contribution in [1.29, 1.82) is 0 Å². The zero-order valence-corrected chi connectivity index (χ0v) is 22.0. The first-order chi connectivity index (χ1) is 17.0. The summed E-state index contributed by atoms with van der Waals surface area (Å²) in [5.74, 6) is 1.17. The summed E-state index contributed by atoms with van der Waals surface area (Å²) in [5, 5.41) is 7.88. The van der Waals surface area contributed by atoms with Gasteiger partial charge in [0, 0.05) is 13.0 Å². The molecule has 0 bridgehead atoms. The van der Waals surface area contributed by atoms with Gasteiger partial charge in [-0.1, -0.05) is 93.1 Å². The lowest BCUT2D eigenvalue weighted by Crippen LogP contribution is -2.32. The highest BCUT2D eigenvalue weighted by molar-refractivity contribution is 5.76. The van der Waals surface area contributed by atoms with Crippen LogP contribution in [0.3, 0.4) is 0 Å². The summed E-state index contributed by atoms with van der Waals surface area (Å²) in [6.45, 7) is 11.3. The number of hydrogen-bond acceptors (Lipinski definition) is 3. The van der Waals surface area contributed by atoms with E-state index in [4.69, 9.17) is 4.98 Å². The number of imidazole rings is 1. The Labute approximate surface area is 210 Å². The van der Waals surface area contributed by atoms with Gasteiger partial charge in [-0.05, 0) is 54.7 Å². The third-order valence-corrected chi connectivity index (χ3v) is 6.12. The Hall–Kier alpha value is -3.47. The first kappa shape index (κ1) is 26.1. The Balaban J connectivity index is 0.00000167. The molecule has 3 aromatic carbocycles. The molecule has 0 aliphatic heterocycles. The van der Waals surface area contributed by atoms with Crippen LogP contribution in [0.15, 0.2) is 83.1 Å². The van der Waals surface area contributed by atoms with Crippen LogP contribution in [0, 0.1) is 0 Å². The highest BCUT2D eigenvalue weighted by Crippen LogP contribution is 2.32. The van der Waals surface area contributed by atoms with Crippen LogP contribution in [0.1, 0.15) is 64.4 Å². The lowest BCUT2D eigenvalue weighted by atomic mass is 9.87. The van der Waals surface area contributed by atoms with Crippen molar-refractivity contribution in [3.8, 4) is 11.1 Å². The number of para-hydroxylation sites is 2. The molecule has 35 heavy (non-hydrogen) atoms. The Kier molecular flexibility index (Phi) is 9.18. The van der Waals surface area contributed by atoms with Crippen LogP contribution in [0.2, 0.25) is 0 Å². The molecule has 0 fully saturated rings. The number of benzene rings is 3. The van der Waals surface area contributed by atoms with Gasteiger partial charge in [-0.25, -0.2) is 4.98 Å². The molecule has 0 aliphatic rings. The largest absolute Gasteiger partial charge is 0.323 e. The normalized spacial score (nSPS) is 11.5. The van der Waals surface area contributed by atoms with Crippen LogP contribution in [0.25, 0.3) is 22.2 Å². The Morgan fingerprint density at radius 2 is 1.60 bits per heavy atom. The highest BCUT2D eigenvalue weighted by atomic mass is 15.4. The fourth-order valence-corrected chi connectivity index (χ4v) is 4.31. The zero-order chi connectivity index (χ0) is 25.3. The maximum Gasteiger partial charge on any atom is 0.110 e. The van der Waals surface area contributed by atoms with Gasteiger partial charge in [0.25, 0.3) is 0 Å². The summed E-state index contributed by atoms with van der Waals surface area (Å²) >= 11 is 0. The van der Waals surface area contributed by atoms with E-state index in [2.05, 4.69) is 114 Å². The third-order valence-electron chi connectivity index (χ3n) is 6.12. The van der Waals surface area contributed by atoms with Crippen molar-refractivity contribution in [2.75, 3.05) is 7.05 Å². The summed E-state index contributed by atoms with van der Waals surface area (Å²) in [7, 11) is 1.67. The molecule has 1 aromatic heterocycles. The molecule has 0 saturated carbocycles. The molecule has 5 heteroatoms. The van der Waals surface area contributed by atoms with Crippen LogP contribution >= 0.6 is 0 Å². The van der Waals surface area contributed by atoms with Gasteiger partial charge < -0.3 is 4.57 Å². The van der Waals surface area contributed by atoms with Crippen molar-refractivity contribution in [2.45, 2.75) is 66.0 Å². The summed E-state index contributed by atoms with van der Waals surface area (Å²) in [6.07, 6.45) is 3.33. The maximum absolute atomic E-state index is 4.91. The standard InChI is InChI=1S/C28H33N5.C2H6/c1-5-6-15-27-30-25-13-9-10-14-26(25)33(27)20-21-16-18-22(19-17-21)23-11-7-8-12-24(23)28(2,3)31-32-29-4;1-2/h7-14,16-19H,5-6,15,20H2,1-4H3,(H,29,31);1-2H3. The molecule has 1 N–H and O–H groups in total. The maximum atomic E-state index is 4.91. The predicted molar refractivity (Wildman–Crippen MR) is 148 cm³/mol. The van der Waals surface area contributed by atoms with Crippen molar-refractivity contribution in [3.63, 3.8) is 0 Å². The molecule has 0 unspecified atom stereocenters. The van der Waals surface area contributed by atoms with Crippen molar-refractivity contribution in [3.05, 3.63) is 89.7 Å². The van der Waals surface area contributed by atoms with Gasteiger partial charge >= 0.3 is 0 Å². The number of nitrogens with one attached hydrogen (secondary N) is 1. The number of unbranched alkanes of at least 4 members (excludes halogenated alkanes) is 1. The average molecular weight is 470 g/mol. The highest BCUT2D eigenvalue weighted by Gasteiger charge is 2.23. The van der Waals surface area contributed by atoms with E-state index in [0.29, 0.717) is 0 Å². The fraction of sp³-hybridized carbons (Fsp3) is 0.367. The first-order valence-electron chi connectivity index (χ1n) is 12.7. The summed E-state index contributed by atoms with van der Waals surface area (Å²) in [6, 6.07) is 25.8. The van der Waals surface area contributed by atoms with Gasteiger partial charge in [-0.3, -0.25) is 5.43 Å². The van der Waals surface area contributed by atoms with E-state index < -0.39 is 0 Å². The van der Waals surface area contributed by atoms with Crippen LogP contribution in [-0.4, -0.2) is 16.6 Å². The second kappa shape index (κ2) is 12.3. The monoisotopic (exact) mass is 469 g/mol. The van der Waals surface area contributed by atoms with Crippen LogP contribution in [0.5, 0.6) is 0 Å². The quantitative estimate of drug-likeness (QED) is 0.200. The lowest BCUT2D eigenvalue weighted by Gasteiger charge is -2.27. The molecule has 184 valence electrons. The molecule has 0 spiro atoms. The van der Waals surface area contributed by atoms with E-state index >= 15 is 0 Å². The molecule has 1 heterocycles. The number of hydrogen-bond donors (Lipinski definition) is 1. The van der Waals surface area contributed by atoms with E-state index in [9.17, 15) is 0 Å². The van der Waals surface area contributed by atoms with Gasteiger partial charge in [0.15, 0.2) is 0 Å².